The molecule has 0 N–H and O–H groups in total. The van der Waals surface area contributed by atoms with Crippen LogP contribution in [0.4, 0.5) is 13.2 Å². The van der Waals surface area contributed by atoms with Crippen LogP contribution in [-0.2, 0) is 13.4 Å². The molecule has 0 aliphatic heterocycles. The molecule has 1 rings (SSSR count). The van der Waals surface area contributed by atoms with Gasteiger partial charge in [-0.1, -0.05) is 0 Å². The molecule has 0 unspecified atom stereocenters. The number of thioether (sulfide) groups is 1. The number of alkyl halides is 3. The van der Waals surface area contributed by atoms with E-state index in [-0.39, 0.29) is 5.25 Å². The van der Waals surface area contributed by atoms with Gasteiger partial charge < -0.3 is 0 Å². The van der Waals surface area contributed by atoms with Crippen LogP contribution in [0.3, 0.4) is 0 Å². The van der Waals surface area contributed by atoms with Gasteiger partial charge in [0.1, 0.15) is 0 Å². The zero-order valence-electron chi connectivity index (χ0n) is 12.0. The van der Waals surface area contributed by atoms with E-state index in [1.54, 1.807) is 30.0 Å². The topological polar surface area (TPSA) is 52.6 Å². The number of methoxy groups -OCH3 is 1. The summed E-state index contributed by atoms with van der Waals surface area (Å²) in [6.45, 7) is 3.84. The monoisotopic (exact) mass is 424 g/mol. The Bertz CT molecular complexity index is 605. The maximum absolute atomic E-state index is 12.4. The fraction of sp³-hybridized carbons (Fsp3) is 0.500. The van der Waals surface area contributed by atoms with Gasteiger partial charge in [-0.2, -0.15) is 0 Å². The van der Waals surface area contributed by atoms with Crippen molar-refractivity contribution >= 4 is 41.6 Å². The van der Waals surface area contributed by atoms with Gasteiger partial charge in [-0.05, 0) is 0 Å². The van der Waals surface area contributed by atoms with Crippen molar-refractivity contribution in [3.63, 3.8) is 0 Å². The summed E-state index contributed by atoms with van der Waals surface area (Å²) in [6, 6.07) is 5.00. The van der Waals surface area contributed by atoms with Crippen LogP contribution in [0.5, 0.6) is 5.75 Å². The Hall–Kier alpha value is -0.411. The van der Waals surface area contributed by atoms with E-state index in [0.717, 1.165) is 5.75 Å². The van der Waals surface area contributed by atoms with E-state index < -0.39 is 30.9 Å². The van der Waals surface area contributed by atoms with Crippen LogP contribution in [0, 0.1) is 0 Å². The second-order valence-electron chi connectivity index (χ2n) is 4.03. The van der Waals surface area contributed by atoms with Crippen molar-refractivity contribution in [3.05, 3.63) is 23.8 Å². The summed E-state index contributed by atoms with van der Waals surface area (Å²) in [5.41, 5.74) is -4.72. The molecule has 1 aromatic carbocycles. The number of benzene rings is 1. The minimum absolute atomic E-state index is 0.0193. The third-order valence-corrected chi connectivity index (χ3v) is 7.30. The molecule has 0 aliphatic carbocycles. The van der Waals surface area contributed by atoms with Crippen molar-refractivity contribution in [2.24, 2.45) is 0 Å². The molecular formula is C12H15F3O4S2Se. The van der Waals surface area contributed by atoms with Gasteiger partial charge in [0, 0.05) is 0 Å². The molecule has 0 radical (unpaired) electrons. The van der Waals surface area contributed by atoms with Crippen molar-refractivity contribution in [3.8, 4) is 5.75 Å². The molecule has 0 fully saturated rings. The van der Waals surface area contributed by atoms with Crippen LogP contribution < -0.4 is 9.20 Å². The Labute approximate surface area is 138 Å². The Morgan fingerprint density at radius 3 is 2.50 bits per heavy atom. The zero-order chi connectivity index (χ0) is 17.0. The molecule has 10 heteroatoms. The van der Waals surface area contributed by atoms with E-state index in [1.807, 2.05) is 13.8 Å². The first-order valence-electron chi connectivity index (χ1n) is 6.10. The summed E-state index contributed by atoms with van der Waals surface area (Å²) < 4.78 is 68.9. The summed E-state index contributed by atoms with van der Waals surface area (Å²) in [5, 5.41) is -0.0193. The van der Waals surface area contributed by atoms with Gasteiger partial charge in [0.25, 0.3) is 0 Å². The number of hydrogen-bond donors (Lipinski definition) is 0. The minimum atomic E-state index is -5.61. The molecule has 0 aromatic heterocycles. The van der Waals surface area contributed by atoms with E-state index in [9.17, 15) is 21.6 Å². The SMILES string of the molecule is CCS[C@H](C)c1cccc(OC)c1[Se]OS(=O)(=O)C(F)(F)F. The van der Waals surface area contributed by atoms with E-state index >= 15 is 0 Å². The van der Waals surface area contributed by atoms with E-state index in [4.69, 9.17) is 4.74 Å². The van der Waals surface area contributed by atoms with Gasteiger partial charge >= 0.3 is 138 Å². The van der Waals surface area contributed by atoms with Crippen molar-refractivity contribution in [1.82, 2.24) is 0 Å². The van der Waals surface area contributed by atoms with E-state index in [0.29, 0.717) is 15.8 Å². The first-order chi connectivity index (χ1) is 10.1. The van der Waals surface area contributed by atoms with Crippen molar-refractivity contribution in [2.45, 2.75) is 24.6 Å². The van der Waals surface area contributed by atoms with Crippen LogP contribution in [0.2, 0.25) is 0 Å². The maximum atomic E-state index is 12.4. The summed E-state index contributed by atoms with van der Waals surface area (Å²) in [6.07, 6.45) is 0. The average molecular weight is 423 g/mol. The van der Waals surface area contributed by atoms with Crippen molar-refractivity contribution in [2.75, 3.05) is 12.9 Å². The second kappa shape index (κ2) is 7.92. The van der Waals surface area contributed by atoms with Crippen LogP contribution in [0.1, 0.15) is 24.7 Å². The Morgan fingerprint density at radius 1 is 1.36 bits per heavy atom. The summed E-state index contributed by atoms with van der Waals surface area (Å²) in [5.74, 6) is 1.13. The van der Waals surface area contributed by atoms with Gasteiger partial charge in [-0.3, -0.25) is 0 Å². The van der Waals surface area contributed by atoms with Crippen molar-refractivity contribution in [1.29, 1.82) is 0 Å². The molecule has 1 aromatic rings. The molecule has 0 heterocycles. The molecule has 0 amide bonds. The third-order valence-electron chi connectivity index (χ3n) is 2.57. The first kappa shape index (κ1) is 19.6. The first-order valence-corrected chi connectivity index (χ1v) is 10.1. The normalized spacial score (nSPS) is 13.9. The molecule has 126 valence electrons. The van der Waals surface area contributed by atoms with Crippen molar-refractivity contribution < 1.29 is 29.6 Å². The average Bonchev–Trinajstić information content (AvgIpc) is 2.43. The Kier molecular flexibility index (Phi) is 7.07. The van der Waals surface area contributed by atoms with Crippen LogP contribution >= 0.6 is 11.8 Å². The molecule has 0 saturated heterocycles. The molecule has 0 aliphatic rings. The summed E-state index contributed by atoms with van der Waals surface area (Å²) >= 11 is 0.208. The quantitative estimate of drug-likeness (QED) is 0.499. The molecule has 0 saturated carbocycles. The van der Waals surface area contributed by atoms with Gasteiger partial charge in [0.2, 0.25) is 0 Å². The van der Waals surface area contributed by atoms with Gasteiger partial charge in [0.15, 0.2) is 0 Å². The number of halogens is 3. The number of ether oxygens (including phenoxy) is 1. The zero-order valence-corrected chi connectivity index (χ0v) is 15.4. The summed E-state index contributed by atoms with van der Waals surface area (Å²) in [7, 11) is -4.24. The standard InChI is InChI=1S/C12H15F3O4S2Se/c1-4-20-8(2)9-6-5-7-10(18-3)11(9)22-19-21(16,17)12(13,14)15/h5-8H,4H2,1-3H3/t8-/m1/s1. The number of hydrogen-bond acceptors (Lipinski definition) is 5. The summed E-state index contributed by atoms with van der Waals surface area (Å²) in [4.78, 5) is 0. The molecular weight excluding hydrogens is 408 g/mol. The predicted octanol–water partition coefficient (Wildman–Crippen LogP) is 2.62. The molecule has 1 atom stereocenters. The van der Waals surface area contributed by atoms with Crippen LogP contribution in [-0.4, -0.2) is 42.1 Å². The Balaban J connectivity index is 3.12. The second-order valence-corrected chi connectivity index (χ2v) is 9.22. The van der Waals surface area contributed by atoms with E-state index in [1.165, 1.54) is 7.11 Å². The van der Waals surface area contributed by atoms with Gasteiger partial charge in [-0.25, -0.2) is 0 Å². The van der Waals surface area contributed by atoms with Gasteiger partial charge in [-0.15, -0.1) is 0 Å². The van der Waals surface area contributed by atoms with Crippen LogP contribution in [0.15, 0.2) is 18.2 Å². The molecule has 22 heavy (non-hydrogen) atoms. The van der Waals surface area contributed by atoms with Gasteiger partial charge in [0.05, 0.1) is 0 Å². The predicted molar refractivity (Wildman–Crippen MR) is 81.0 cm³/mol. The molecule has 0 bridgehead atoms. The third kappa shape index (κ3) is 4.79. The van der Waals surface area contributed by atoms with E-state index in [2.05, 4.69) is 3.27 Å². The fourth-order valence-corrected chi connectivity index (χ4v) is 5.52. The Morgan fingerprint density at radius 2 is 2.00 bits per heavy atom. The number of rotatable bonds is 7. The molecule has 0 spiro atoms. The molecule has 4 nitrogen and oxygen atoms in total. The fourth-order valence-electron chi connectivity index (χ4n) is 1.56. The van der Waals surface area contributed by atoms with Crippen LogP contribution in [0.25, 0.3) is 0 Å².